The quantitative estimate of drug-likeness (QED) is 0.810. The molecular weight excluding hydrogens is 284 g/mol. The molecule has 2 aliphatic rings. The van der Waals surface area contributed by atoms with Crippen LogP contribution >= 0.6 is 11.8 Å². The van der Waals surface area contributed by atoms with Gasteiger partial charge in [-0.05, 0) is 54.3 Å². The number of likely N-dealkylation sites (tertiary alicyclic amines) is 1. The molecule has 0 aliphatic carbocycles. The second-order valence-electron chi connectivity index (χ2n) is 5.60. The Bertz CT molecular complexity index is 624. The summed E-state index contributed by atoms with van der Waals surface area (Å²) >= 11 is 1.43. The van der Waals surface area contributed by atoms with Crippen LogP contribution < -0.4 is 0 Å². The van der Waals surface area contributed by atoms with Crippen molar-refractivity contribution in [3.05, 3.63) is 34.7 Å². The first-order valence-corrected chi connectivity index (χ1v) is 8.00. The van der Waals surface area contributed by atoms with Crippen LogP contribution in [0.15, 0.2) is 34.2 Å². The topological polar surface area (TPSA) is 52.9 Å². The number of carbonyl (C=O) groups excluding carboxylic acids is 1. The summed E-state index contributed by atoms with van der Waals surface area (Å²) < 4.78 is 0. The van der Waals surface area contributed by atoms with E-state index in [2.05, 4.69) is 16.8 Å². The van der Waals surface area contributed by atoms with E-state index in [9.17, 15) is 9.90 Å². The van der Waals surface area contributed by atoms with E-state index < -0.39 is 0 Å². The Balaban J connectivity index is 1.75. The molecule has 4 nitrogen and oxygen atoms in total. The van der Waals surface area contributed by atoms with E-state index in [0.29, 0.717) is 10.8 Å². The summed E-state index contributed by atoms with van der Waals surface area (Å²) in [6.45, 7) is 4.18. The van der Waals surface area contributed by atoms with Gasteiger partial charge < -0.3 is 10.0 Å². The highest BCUT2D eigenvalue weighted by molar-refractivity contribution is 8.18. The number of rotatable bonds is 1. The molecule has 3 rings (SSSR count). The van der Waals surface area contributed by atoms with E-state index >= 15 is 0 Å². The first-order chi connectivity index (χ1) is 10.1. The van der Waals surface area contributed by atoms with Crippen LogP contribution in [0.3, 0.4) is 0 Å². The van der Waals surface area contributed by atoms with Gasteiger partial charge in [-0.15, -0.1) is 0 Å². The van der Waals surface area contributed by atoms with Gasteiger partial charge in [0.15, 0.2) is 5.17 Å². The average Bonchev–Trinajstić information content (AvgIpc) is 2.80. The van der Waals surface area contributed by atoms with E-state index in [4.69, 9.17) is 0 Å². The van der Waals surface area contributed by atoms with E-state index in [1.807, 2.05) is 6.07 Å². The van der Waals surface area contributed by atoms with Crippen molar-refractivity contribution in [1.82, 2.24) is 4.90 Å². The molecule has 0 radical (unpaired) electrons. The minimum atomic E-state index is -0.184. The van der Waals surface area contributed by atoms with Gasteiger partial charge in [0.05, 0.1) is 4.91 Å². The Morgan fingerprint density at radius 3 is 3.10 bits per heavy atom. The fraction of sp³-hybridized carbons (Fsp3) is 0.375. The molecule has 0 spiro atoms. The number of amides is 1. The van der Waals surface area contributed by atoms with E-state index in [1.54, 1.807) is 24.3 Å². The molecule has 1 atom stereocenters. The van der Waals surface area contributed by atoms with Gasteiger partial charge in [-0.1, -0.05) is 19.1 Å². The van der Waals surface area contributed by atoms with Crippen LogP contribution in [0.2, 0.25) is 0 Å². The molecule has 2 heterocycles. The van der Waals surface area contributed by atoms with Gasteiger partial charge in [-0.2, -0.15) is 4.99 Å². The zero-order chi connectivity index (χ0) is 14.8. The standard InChI is InChI=1S/C16H18N2O2S/c1-11-4-3-7-18(10-11)16-17-15(20)14(21-16)9-12-5-2-6-13(19)8-12/h2,5-6,8-9,11,19H,3-4,7,10H2,1H3. The number of phenolic OH excluding ortho intramolecular Hbond substituents is 1. The van der Waals surface area contributed by atoms with Crippen LogP contribution in [0, 0.1) is 5.92 Å². The van der Waals surface area contributed by atoms with Gasteiger partial charge in [0, 0.05) is 13.1 Å². The summed E-state index contributed by atoms with van der Waals surface area (Å²) in [5.41, 5.74) is 0.814. The lowest BCUT2D eigenvalue weighted by Gasteiger charge is -2.31. The third kappa shape index (κ3) is 3.29. The molecule has 1 fully saturated rings. The minimum Gasteiger partial charge on any atom is -0.508 e. The van der Waals surface area contributed by atoms with Gasteiger partial charge in [0.1, 0.15) is 5.75 Å². The number of nitrogens with zero attached hydrogens (tertiary/aromatic N) is 2. The maximum Gasteiger partial charge on any atom is 0.286 e. The second-order valence-corrected chi connectivity index (χ2v) is 6.61. The highest BCUT2D eigenvalue weighted by Crippen LogP contribution is 2.32. The fourth-order valence-electron chi connectivity index (χ4n) is 2.66. The van der Waals surface area contributed by atoms with Crippen molar-refractivity contribution in [2.45, 2.75) is 19.8 Å². The van der Waals surface area contributed by atoms with Gasteiger partial charge in [0.25, 0.3) is 5.91 Å². The van der Waals surface area contributed by atoms with Crippen molar-refractivity contribution >= 4 is 28.9 Å². The van der Waals surface area contributed by atoms with Crippen LogP contribution in [0.5, 0.6) is 5.75 Å². The summed E-state index contributed by atoms with van der Waals surface area (Å²) in [5.74, 6) is 0.665. The van der Waals surface area contributed by atoms with Crippen LogP contribution in [0.4, 0.5) is 0 Å². The molecule has 1 aromatic rings. The molecule has 0 bridgehead atoms. The minimum absolute atomic E-state index is 0.184. The predicted octanol–water partition coefficient (Wildman–Crippen LogP) is 3.09. The lowest BCUT2D eigenvalue weighted by molar-refractivity contribution is -0.113. The number of thioether (sulfide) groups is 1. The highest BCUT2D eigenvalue weighted by atomic mass is 32.2. The van der Waals surface area contributed by atoms with E-state index in [1.165, 1.54) is 18.2 Å². The van der Waals surface area contributed by atoms with Crippen molar-refractivity contribution in [2.75, 3.05) is 13.1 Å². The fourth-order valence-corrected chi connectivity index (χ4v) is 3.61. The van der Waals surface area contributed by atoms with Gasteiger partial charge in [0.2, 0.25) is 0 Å². The van der Waals surface area contributed by atoms with Crippen molar-refractivity contribution in [2.24, 2.45) is 10.9 Å². The molecule has 21 heavy (non-hydrogen) atoms. The summed E-state index contributed by atoms with van der Waals surface area (Å²) in [5, 5.41) is 10.3. The number of hydrogen-bond acceptors (Lipinski definition) is 4. The van der Waals surface area contributed by atoms with E-state index in [-0.39, 0.29) is 11.7 Å². The van der Waals surface area contributed by atoms with Crippen molar-refractivity contribution < 1.29 is 9.90 Å². The average molecular weight is 302 g/mol. The largest absolute Gasteiger partial charge is 0.508 e. The second kappa shape index (κ2) is 5.93. The van der Waals surface area contributed by atoms with Gasteiger partial charge >= 0.3 is 0 Å². The maximum atomic E-state index is 12.0. The molecule has 1 N–H and O–H groups in total. The lowest BCUT2D eigenvalue weighted by atomic mass is 10.0. The summed E-state index contributed by atoms with van der Waals surface area (Å²) in [7, 11) is 0. The molecule has 1 saturated heterocycles. The lowest BCUT2D eigenvalue weighted by Crippen LogP contribution is -2.37. The number of carbonyl (C=O) groups is 1. The van der Waals surface area contributed by atoms with Crippen molar-refractivity contribution in [3.63, 3.8) is 0 Å². The van der Waals surface area contributed by atoms with Crippen molar-refractivity contribution in [1.29, 1.82) is 0 Å². The summed E-state index contributed by atoms with van der Waals surface area (Å²) in [6.07, 6.45) is 4.19. The predicted molar refractivity (Wildman–Crippen MR) is 86.1 cm³/mol. The first kappa shape index (κ1) is 14.2. The van der Waals surface area contributed by atoms with Crippen LogP contribution in [0.25, 0.3) is 6.08 Å². The highest BCUT2D eigenvalue weighted by Gasteiger charge is 2.28. The Kier molecular flexibility index (Phi) is 4.01. The molecule has 0 aromatic heterocycles. The van der Waals surface area contributed by atoms with Crippen LogP contribution in [0.1, 0.15) is 25.3 Å². The monoisotopic (exact) mass is 302 g/mol. The number of phenols is 1. The molecule has 1 amide bonds. The zero-order valence-electron chi connectivity index (χ0n) is 12.0. The third-order valence-corrected chi connectivity index (χ3v) is 4.75. The molecular formula is C16H18N2O2S. The number of aromatic hydroxyl groups is 1. The SMILES string of the molecule is CC1CCCN(C2=NC(=O)C(=Cc3cccc(O)c3)S2)C1. The van der Waals surface area contributed by atoms with Crippen molar-refractivity contribution in [3.8, 4) is 5.75 Å². The molecule has 110 valence electrons. The Hall–Kier alpha value is -1.75. The Labute approximate surface area is 128 Å². The van der Waals surface area contributed by atoms with Gasteiger partial charge in [-0.3, -0.25) is 4.79 Å². The van der Waals surface area contributed by atoms with Crippen LogP contribution in [-0.2, 0) is 4.79 Å². The maximum absolute atomic E-state index is 12.0. The summed E-state index contributed by atoms with van der Waals surface area (Å²) in [6, 6.07) is 6.88. The zero-order valence-corrected chi connectivity index (χ0v) is 12.8. The number of amidine groups is 1. The Morgan fingerprint density at radius 2 is 2.33 bits per heavy atom. The number of piperidine rings is 1. The number of aliphatic imine (C=N–C) groups is 1. The van der Waals surface area contributed by atoms with Crippen LogP contribution in [-0.4, -0.2) is 34.2 Å². The normalized spacial score (nSPS) is 24.5. The number of hydrogen-bond donors (Lipinski definition) is 1. The van der Waals surface area contributed by atoms with E-state index in [0.717, 1.165) is 30.2 Å². The molecule has 0 saturated carbocycles. The third-order valence-electron chi connectivity index (χ3n) is 3.70. The van der Waals surface area contributed by atoms with Gasteiger partial charge in [-0.25, -0.2) is 0 Å². The smallest absolute Gasteiger partial charge is 0.286 e. The number of benzene rings is 1. The molecule has 1 aromatic carbocycles. The summed E-state index contributed by atoms with van der Waals surface area (Å²) in [4.78, 5) is 19.0. The molecule has 1 unspecified atom stereocenters. The Morgan fingerprint density at radius 1 is 1.48 bits per heavy atom. The first-order valence-electron chi connectivity index (χ1n) is 7.18. The molecule has 5 heteroatoms. The molecule has 2 aliphatic heterocycles.